The highest BCUT2D eigenvalue weighted by Gasteiger charge is 2.04. The first kappa shape index (κ1) is 14.9. The number of rotatable bonds is 5. The lowest BCUT2D eigenvalue weighted by molar-refractivity contribution is -0.121. The largest absolute Gasteiger partial charge is 0.469 e. The highest BCUT2D eigenvalue weighted by Crippen LogP contribution is 2.05. The van der Waals surface area contributed by atoms with E-state index in [2.05, 4.69) is 17.2 Å². The molecule has 1 amide bonds. The molecule has 0 bridgehead atoms. The molecule has 0 aliphatic rings. The number of hydrogen-bond donors (Lipinski definition) is 2. The molecule has 0 radical (unpaired) electrons. The van der Waals surface area contributed by atoms with E-state index in [0.717, 1.165) is 16.9 Å². The van der Waals surface area contributed by atoms with E-state index in [4.69, 9.17) is 10.2 Å². The van der Waals surface area contributed by atoms with Crippen LogP contribution in [0.15, 0.2) is 47.1 Å². The summed E-state index contributed by atoms with van der Waals surface area (Å²) in [6, 6.07) is 11.4. The Morgan fingerprint density at radius 1 is 1.29 bits per heavy atom. The maximum Gasteiger partial charge on any atom is 0.220 e. The molecule has 0 unspecified atom stereocenters. The van der Waals surface area contributed by atoms with Gasteiger partial charge in [-0.25, -0.2) is 0 Å². The predicted molar refractivity (Wildman–Crippen MR) is 81.3 cm³/mol. The number of nitrogens with one attached hydrogen (secondary N) is 1. The lowest BCUT2D eigenvalue weighted by Crippen LogP contribution is -2.22. The van der Waals surface area contributed by atoms with Gasteiger partial charge in [0, 0.05) is 24.9 Å². The third kappa shape index (κ3) is 5.17. The molecule has 3 N–H and O–H groups in total. The average Bonchev–Trinajstić information content (AvgIpc) is 3.03. The molecule has 1 aromatic heterocycles. The van der Waals surface area contributed by atoms with Crippen molar-refractivity contribution in [1.29, 1.82) is 0 Å². The quantitative estimate of drug-likeness (QED) is 0.822. The fraction of sp³-hybridized carbons (Fsp3) is 0.235. The van der Waals surface area contributed by atoms with Crippen LogP contribution in [0.1, 0.15) is 23.3 Å². The third-order valence-corrected chi connectivity index (χ3v) is 2.93. The molecule has 0 aliphatic heterocycles. The van der Waals surface area contributed by atoms with Gasteiger partial charge in [-0.1, -0.05) is 24.0 Å². The second-order valence-corrected chi connectivity index (χ2v) is 4.56. The Labute approximate surface area is 124 Å². The summed E-state index contributed by atoms with van der Waals surface area (Å²) in [5, 5.41) is 2.89. The lowest BCUT2D eigenvalue weighted by Gasteiger charge is -2.05. The van der Waals surface area contributed by atoms with Crippen molar-refractivity contribution < 1.29 is 9.21 Å². The molecule has 4 heteroatoms. The summed E-state index contributed by atoms with van der Waals surface area (Å²) in [5.41, 5.74) is 7.27. The summed E-state index contributed by atoms with van der Waals surface area (Å²) in [6.07, 6.45) is 2.64. The summed E-state index contributed by atoms with van der Waals surface area (Å²) in [5.74, 6) is 6.62. The first-order chi connectivity index (χ1) is 10.3. The third-order valence-electron chi connectivity index (χ3n) is 2.93. The van der Waals surface area contributed by atoms with Crippen molar-refractivity contribution >= 4 is 5.91 Å². The Bertz CT molecular complexity index is 636. The molecule has 1 aromatic carbocycles. The Hall–Kier alpha value is -2.51. The topological polar surface area (TPSA) is 68.3 Å². The number of carbonyl (C=O) groups is 1. The first-order valence-electron chi connectivity index (χ1n) is 6.85. The van der Waals surface area contributed by atoms with Gasteiger partial charge in [0.2, 0.25) is 5.91 Å². The van der Waals surface area contributed by atoms with Crippen molar-refractivity contribution in [3.63, 3.8) is 0 Å². The molecule has 2 rings (SSSR count). The minimum Gasteiger partial charge on any atom is -0.469 e. The first-order valence-corrected chi connectivity index (χ1v) is 6.85. The fourth-order valence-electron chi connectivity index (χ4n) is 1.89. The fourth-order valence-corrected chi connectivity index (χ4v) is 1.89. The average molecular weight is 282 g/mol. The van der Waals surface area contributed by atoms with Crippen LogP contribution in [-0.4, -0.2) is 12.5 Å². The molecule has 108 valence electrons. The lowest BCUT2D eigenvalue weighted by atomic mass is 10.1. The van der Waals surface area contributed by atoms with Crippen molar-refractivity contribution in [3.8, 4) is 11.8 Å². The predicted octanol–water partition coefficient (Wildman–Crippen LogP) is 1.84. The molecule has 2 aromatic rings. The van der Waals surface area contributed by atoms with Crippen molar-refractivity contribution in [1.82, 2.24) is 5.32 Å². The van der Waals surface area contributed by atoms with Gasteiger partial charge in [-0.2, -0.15) is 0 Å². The van der Waals surface area contributed by atoms with Crippen LogP contribution in [0.25, 0.3) is 0 Å². The Morgan fingerprint density at radius 2 is 2.19 bits per heavy atom. The highest BCUT2D eigenvalue weighted by molar-refractivity contribution is 5.76. The number of aryl methyl sites for hydroxylation is 1. The van der Waals surface area contributed by atoms with E-state index in [0.29, 0.717) is 25.9 Å². The minimum atomic E-state index is 0.00449. The normalized spacial score (nSPS) is 9.76. The molecule has 0 spiro atoms. The van der Waals surface area contributed by atoms with E-state index in [1.54, 1.807) is 6.26 Å². The molecule has 1 heterocycles. The summed E-state index contributed by atoms with van der Waals surface area (Å²) < 4.78 is 5.19. The van der Waals surface area contributed by atoms with Crippen LogP contribution >= 0.6 is 0 Å². The van der Waals surface area contributed by atoms with E-state index in [1.165, 1.54) is 0 Å². The van der Waals surface area contributed by atoms with E-state index < -0.39 is 0 Å². The summed E-state index contributed by atoms with van der Waals surface area (Å²) >= 11 is 0. The smallest absolute Gasteiger partial charge is 0.220 e. The maximum absolute atomic E-state index is 11.8. The zero-order valence-electron chi connectivity index (χ0n) is 11.8. The minimum absolute atomic E-state index is 0.00449. The zero-order valence-corrected chi connectivity index (χ0v) is 11.8. The Balaban J connectivity index is 1.80. The number of nitrogens with two attached hydrogens (primary N) is 1. The summed E-state index contributed by atoms with van der Waals surface area (Å²) in [4.78, 5) is 11.8. The molecule has 21 heavy (non-hydrogen) atoms. The maximum atomic E-state index is 11.8. The van der Waals surface area contributed by atoms with Crippen LogP contribution in [0.2, 0.25) is 0 Å². The van der Waals surface area contributed by atoms with Gasteiger partial charge in [0.1, 0.15) is 5.76 Å². The van der Waals surface area contributed by atoms with Gasteiger partial charge in [0.05, 0.1) is 12.8 Å². The van der Waals surface area contributed by atoms with Crippen LogP contribution in [0.5, 0.6) is 0 Å². The van der Waals surface area contributed by atoms with E-state index in [-0.39, 0.29) is 5.91 Å². The Kier molecular flexibility index (Phi) is 5.62. The number of amides is 1. The van der Waals surface area contributed by atoms with E-state index in [9.17, 15) is 4.79 Å². The van der Waals surface area contributed by atoms with Crippen LogP contribution < -0.4 is 11.1 Å². The van der Waals surface area contributed by atoms with Crippen LogP contribution in [-0.2, 0) is 17.8 Å². The van der Waals surface area contributed by atoms with Gasteiger partial charge in [-0.3, -0.25) is 4.79 Å². The van der Waals surface area contributed by atoms with Gasteiger partial charge in [-0.05, 0) is 29.8 Å². The summed E-state index contributed by atoms with van der Waals surface area (Å²) in [7, 11) is 0. The molecule has 0 saturated heterocycles. The number of carbonyl (C=O) groups excluding carboxylic acids is 1. The van der Waals surface area contributed by atoms with Crippen molar-refractivity contribution in [2.45, 2.75) is 19.4 Å². The SMILES string of the molecule is NCC#Cc1cccc(CNC(=O)CCc2ccco2)c1. The monoisotopic (exact) mass is 282 g/mol. The van der Waals surface area contributed by atoms with Crippen molar-refractivity contribution in [2.24, 2.45) is 5.73 Å². The molecule has 0 atom stereocenters. The molecular formula is C17H18N2O2. The Morgan fingerprint density at radius 3 is 2.95 bits per heavy atom. The zero-order chi connectivity index (χ0) is 14.9. The van der Waals surface area contributed by atoms with E-state index in [1.807, 2.05) is 36.4 Å². The molecular weight excluding hydrogens is 264 g/mol. The van der Waals surface area contributed by atoms with E-state index >= 15 is 0 Å². The van der Waals surface area contributed by atoms with Gasteiger partial charge >= 0.3 is 0 Å². The van der Waals surface area contributed by atoms with Crippen LogP contribution in [0, 0.1) is 11.8 Å². The van der Waals surface area contributed by atoms with Crippen LogP contribution in [0.3, 0.4) is 0 Å². The standard InChI is InChI=1S/C17H18N2O2/c18-10-2-6-14-4-1-5-15(12-14)13-19-17(20)9-8-16-7-3-11-21-16/h1,3-5,7,11-12H,8-10,13,18H2,(H,19,20). The molecule has 0 aliphatic carbocycles. The summed E-state index contributed by atoms with van der Waals surface area (Å²) in [6.45, 7) is 0.836. The van der Waals surface area contributed by atoms with Gasteiger partial charge < -0.3 is 15.5 Å². The molecule has 0 fully saturated rings. The van der Waals surface area contributed by atoms with Gasteiger partial charge in [0.25, 0.3) is 0 Å². The highest BCUT2D eigenvalue weighted by atomic mass is 16.3. The van der Waals surface area contributed by atoms with Gasteiger partial charge in [0.15, 0.2) is 0 Å². The van der Waals surface area contributed by atoms with Crippen LogP contribution in [0.4, 0.5) is 0 Å². The number of furan rings is 1. The second-order valence-electron chi connectivity index (χ2n) is 4.56. The molecule has 4 nitrogen and oxygen atoms in total. The molecule has 0 saturated carbocycles. The second kappa shape index (κ2) is 7.93. The number of benzene rings is 1. The van der Waals surface area contributed by atoms with Crippen molar-refractivity contribution in [3.05, 3.63) is 59.5 Å². The van der Waals surface area contributed by atoms with Gasteiger partial charge in [-0.15, -0.1) is 0 Å². The van der Waals surface area contributed by atoms with Crippen molar-refractivity contribution in [2.75, 3.05) is 6.54 Å². The number of hydrogen-bond acceptors (Lipinski definition) is 3.